The van der Waals surface area contributed by atoms with Gasteiger partial charge in [-0.15, -0.1) is 0 Å². The van der Waals surface area contributed by atoms with E-state index in [-0.39, 0.29) is 5.91 Å². The lowest BCUT2D eigenvalue weighted by Crippen LogP contribution is -2.55. The number of amides is 2. The minimum atomic E-state index is -1.03. The van der Waals surface area contributed by atoms with Crippen LogP contribution in [0.4, 0.5) is 4.79 Å². The predicted molar refractivity (Wildman–Crippen MR) is 37.2 cm³/mol. The highest BCUT2D eigenvalue weighted by atomic mass is 16.4. The average Bonchev–Trinajstić information content (AvgIpc) is 1.94. The van der Waals surface area contributed by atoms with Crippen molar-refractivity contribution >= 4 is 12.0 Å². The maximum absolute atomic E-state index is 10.9. The van der Waals surface area contributed by atoms with E-state index in [2.05, 4.69) is 5.32 Å². The molecule has 1 atom stereocenters. The van der Waals surface area contributed by atoms with E-state index in [0.717, 1.165) is 4.90 Å². The highest BCUT2D eigenvalue weighted by molar-refractivity contribution is 5.85. The summed E-state index contributed by atoms with van der Waals surface area (Å²) in [7, 11) is 0. The number of carboxylic acid groups (broad SMARTS) is 1. The van der Waals surface area contributed by atoms with Gasteiger partial charge in [-0.25, -0.2) is 4.79 Å². The molecule has 0 radical (unpaired) electrons. The molecule has 5 heteroatoms. The van der Waals surface area contributed by atoms with Crippen molar-refractivity contribution in [3.63, 3.8) is 0 Å². The summed E-state index contributed by atoms with van der Waals surface area (Å²) in [6.45, 7) is 2.36. The van der Waals surface area contributed by atoms with Gasteiger partial charge in [0.1, 0.15) is 6.04 Å². The van der Waals surface area contributed by atoms with Crippen LogP contribution in [-0.2, 0) is 4.79 Å². The van der Waals surface area contributed by atoms with Crippen LogP contribution in [0.3, 0.4) is 0 Å². The molecule has 1 unspecified atom stereocenters. The lowest BCUT2D eigenvalue weighted by Gasteiger charge is -2.30. The Hall–Kier alpha value is -1.26. The van der Waals surface area contributed by atoms with E-state index >= 15 is 0 Å². The van der Waals surface area contributed by atoms with E-state index < -0.39 is 12.1 Å². The normalized spacial score (nSPS) is 24.6. The van der Waals surface area contributed by atoms with E-state index in [0.29, 0.717) is 13.1 Å². The molecule has 1 aliphatic rings. The highest BCUT2D eigenvalue weighted by Crippen LogP contribution is 2.02. The van der Waals surface area contributed by atoms with Gasteiger partial charge >= 0.3 is 6.09 Å². The summed E-state index contributed by atoms with van der Waals surface area (Å²) in [5, 5.41) is 11.1. The first-order chi connectivity index (χ1) is 5.13. The Bertz CT molecular complexity index is 192. The molecule has 0 bridgehead atoms. The highest BCUT2D eigenvalue weighted by Gasteiger charge is 2.28. The fraction of sp³-hybridized carbons (Fsp3) is 0.667. The molecule has 5 nitrogen and oxygen atoms in total. The van der Waals surface area contributed by atoms with Crippen molar-refractivity contribution in [3.05, 3.63) is 0 Å². The van der Waals surface area contributed by atoms with Gasteiger partial charge in [0, 0.05) is 13.1 Å². The summed E-state index contributed by atoms with van der Waals surface area (Å²) in [5.74, 6) is -0.223. The number of carbonyl (C=O) groups is 2. The van der Waals surface area contributed by atoms with Crippen molar-refractivity contribution in [1.82, 2.24) is 10.2 Å². The molecule has 2 N–H and O–H groups in total. The molecule has 1 rings (SSSR count). The number of rotatable bonds is 0. The second-order valence-corrected chi connectivity index (χ2v) is 2.44. The molecule has 0 aromatic carbocycles. The molecule has 62 valence electrons. The molecule has 1 fully saturated rings. The van der Waals surface area contributed by atoms with E-state index in [1.165, 1.54) is 0 Å². The zero-order valence-corrected chi connectivity index (χ0v) is 6.20. The molecule has 11 heavy (non-hydrogen) atoms. The van der Waals surface area contributed by atoms with Crippen LogP contribution in [0.15, 0.2) is 0 Å². The number of hydrogen-bond acceptors (Lipinski definition) is 2. The Morgan fingerprint density at radius 2 is 2.45 bits per heavy atom. The number of piperazine rings is 1. The third kappa shape index (κ3) is 1.42. The second-order valence-electron chi connectivity index (χ2n) is 2.44. The first-order valence-corrected chi connectivity index (χ1v) is 3.40. The van der Waals surface area contributed by atoms with Gasteiger partial charge < -0.3 is 10.4 Å². The summed E-state index contributed by atoms with van der Waals surface area (Å²) in [6.07, 6.45) is -1.03. The van der Waals surface area contributed by atoms with Gasteiger partial charge in [0.2, 0.25) is 5.91 Å². The van der Waals surface area contributed by atoms with Crippen molar-refractivity contribution in [3.8, 4) is 0 Å². The first-order valence-electron chi connectivity index (χ1n) is 3.40. The van der Waals surface area contributed by atoms with Gasteiger partial charge in [-0.2, -0.15) is 0 Å². The number of hydrogen-bond donors (Lipinski definition) is 2. The first kappa shape index (κ1) is 7.84. The summed E-state index contributed by atoms with van der Waals surface area (Å²) in [4.78, 5) is 22.5. The molecule has 1 saturated heterocycles. The number of carbonyl (C=O) groups excluding carboxylic acids is 1. The van der Waals surface area contributed by atoms with Gasteiger partial charge in [0.05, 0.1) is 0 Å². The summed E-state index contributed by atoms with van der Waals surface area (Å²) in [5.41, 5.74) is 0. The van der Waals surface area contributed by atoms with Gasteiger partial charge in [-0.1, -0.05) is 0 Å². The third-order valence-corrected chi connectivity index (χ3v) is 1.74. The minimum absolute atomic E-state index is 0.223. The van der Waals surface area contributed by atoms with Crippen LogP contribution >= 0.6 is 0 Å². The van der Waals surface area contributed by atoms with Crippen molar-refractivity contribution in [2.24, 2.45) is 0 Å². The molecule has 0 saturated carbocycles. The SMILES string of the molecule is CC1C(=O)NCCN1C(=O)O. The monoisotopic (exact) mass is 158 g/mol. The molecule has 0 aromatic heterocycles. The van der Waals surface area contributed by atoms with E-state index in [1.807, 2.05) is 0 Å². The van der Waals surface area contributed by atoms with E-state index in [9.17, 15) is 9.59 Å². The Balaban J connectivity index is 2.65. The maximum atomic E-state index is 10.9. The van der Waals surface area contributed by atoms with Crippen molar-refractivity contribution in [1.29, 1.82) is 0 Å². The minimum Gasteiger partial charge on any atom is -0.465 e. The Labute approximate surface area is 64.0 Å². The standard InChI is InChI=1S/C6H10N2O3/c1-4-5(9)7-2-3-8(4)6(10)11/h4H,2-3H2,1H3,(H,7,9)(H,10,11). The molecule has 0 aliphatic carbocycles. The second kappa shape index (κ2) is 2.77. The zero-order chi connectivity index (χ0) is 8.43. The Morgan fingerprint density at radius 1 is 1.82 bits per heavy atom. The lowest BCUT2D eigenvalue weighted by atomic mass is 10.2. The number of nitrogens with one attached hydrogen (secondary N) is 1. The van der Waals surface area contributed by atoms with Gasteiger partial charge in [0.15, 0.2) is 0 Å². The molecule has 0 spiro atoms. The molecule has 0 aromatic rings. The molecule has 1 heterocycles. The lowest BCUT2D eigenvalue weighted by molar-refractivity contribution is -0.127. The largest absolute Gasteiger partial charge is 0.465 e. The van der Waals surface area contributed by atoms with E-state index in [1.54, 1.807) is 6.92 Å². The fourth-order valence-corrected chi connectivity index (χ4v) is 1.04. The van der Waals surface area contributed by atoms with Crippen LogP contribution < -0.4 is 5.32 Å². The van der Waals surface area contributed by atoms with Crippen LogP contribution in [0.2, 0.25) is 0 Å². The topological polar surface area (TPSA) is 69.6 Å². The van der Waals surface area contributed by atoms with Gasteiger partial charge in [-0.3, -0.25) is 9.69 Å². The van der Waals surface area contributed by atoms with Crippen LogP contribution in [0.5, 0.6) is 0 Å². The van der Waals surface area contributed by atoms with Crippen LogP contribution in [0.1, 0.15) is 6.92 Å². The van der Waals surface area contributed by atoms with Gasteiger partial charge in [-0.05, 0) is 6.92 Å². The Morgan fingerprint density at radius 3 is 2.91 bits per heavy atom. The predicted octanol–water partition coefficient (Wildman–Crippen LogP) is -0.515. The fourth-order valence-electron chi connectivity index (χ4n) is 1.04. The Kier molecular flexibility index (Phi) is 1.98. The zero-order valence-electron chi connectivity index (χ0n) is 6.20. The summed E-state index contributed by atoms with van der Waals surface area (Å²) < 4.78 is 0. The van der Waals surface area contributed by atoms with Crippen LogP contribution in [-0.4, -0.2) is 41.1 Å². The number of nitrogens with zero attached hydrogens (tertiary/aromatic N) is 1. The maximum Gasteiger partial charge on any atom is 0.408 e. The molecular formula is C6H10N2O3. The third-order valence-electron chi connectivity index (χ3n) is 1.74. The average molecular weight is 158 g/mol. The van der Waals surface area contributed by atoms with E-state index in [4.69, 9.17) is 5.11 Å². The molecular weight excluding hydrogens is 148 g/mol. The van der Waals surface area contributed by atoms with Crippen LogP contribution in [0.25, 0.3) is 0 Å². The molecule has 1 aliphatic heterocycles. The van der Waals surface area contributed by atoms with Crippen LogP contribution in [0, 0.1) is 0 Å². The van der Waals surface area contributed by atoms with Crippen molar-refractivity contribution in [2.75, 3.05) is 13.1 Å². The summed E-state index contributed by atoms with van der Waals surface area (Å²) >= 11 is 0. The van der Waals surface area contributed by atoms with Crippen molar-refractivity contribution in [2.45, 2.75) is 13.0 Å². The van der Waals surface area contributed by atoms with Crippen molar-refractivity contribution < 1.29 is 14.7 Å². The summed E-state index contributed by atoms with van der Waals surface area (Å²) in [6, 6.07) is -0.554. The smallest absolute Gasteiger partial charge is 0.408 e. The molecule has 2 amide bonds. The quantitative estimate of drug-likeness (QED) is 0.498. The van der Waals surface area contributed by atoms with Gasteiger partial charge in [0.25, 0.3) is 0 Å².